The fraction of sp³-hybridized carbons (Fsp3) is 0.714. The quantitative estimate of drug-likeness (QED) is 0.893. The van der Waals surface area contributed by atoms with Crippen molar-refractivity contribution in [1.29, 1.82) is 0 Å². The highest BCUT2D eigenvalue weighted by molar-refractivity contribution is 9.10. The zero-order valence-corrected chi connectivity index (χ0v) is 13.2. The van der Waals surface area contributed by atoms with Gasteiger partial charge in [-0.25, -0.2) is 4.68 Å². The molecule has 1 aromatic rings. The van der Waals surface area contributed by atoms with Gasteiger partial charge in [0.25, 0.3) is 5.56 Å². The first-order chi connectivity index (χ1) is 9.65. The molecule has 0 amide bonds. The molecule has 5 nitrogen and oxygen atoms in total. The van der Waals surface area contributed by atoms with E-state index in [9.17, 15) is 4.79 Å². The monoisotopic (exact) mass is 341 g/mol. The molecule has 2 unspecified atom stereocenters. The molecule has 1 aromatic heterocycles. The second-order valence-electron chi connectivity index (χ2n) is 5.79. The van der Waals surface area contributed by atoms with Crippen LogP contribution in [0.5, 0.6) is 0 Å². The molecule has 2 fully saturated rings. The third-order valence-corrected chi connectivity index (χ3v) is 4.79. The molecule has 3 rings (SSSR count). The molecule has 1 N–H and O–H groups in total. The fourth-order valence-corrected chi connectivity index (χ4v) is 3.00. The summed E-state index contributed by atoms with van der Waals surface area (Å²) in [6.45, 7) is 3.65. The van der Waals surface area contributed by atoms with Crippen molar-refractivity contribution < 1.29 is 4.74 Å². The van der Waals surface area contributed by atoms with Gasteiger partial charge < -0.3 is 10.1 Å². The normalized spacial score (nSPS) is 23.8. The minimum atomic E-state index is -0.0542. The van der Waals surface area contributed by atoms with Crippen molar-refractivity contribution in [2.45, 2.75) is 51.3 Å². The van der Waals surface area contributed by atoms with Crippen molar-refractivity contribution in [3.05, 3.63) is 21.0 Å². The second-order valence-corrected chi connectivity index (χ2v) is 6.58. The van der Waals surface area contributed by atoms with E-state index in [0.29, 0.717) is 10.4 Å². The Morgan fingerprint density at radius 1 is 1.55 bits per heavy atom. The predicted molar refractivity (Wildman–Crippen MR) is 81.0 cm³/mol. The van der Waals surface area contributed by atoms with E-state index in [-0.39, 0.29) is 17.7 Å². The van der Waals surface area contributed by atoms with E-state index < -0.39 is 0 Å². The van der Waals surface area contributed by atoms with Gasteiger partial charge in [0.1, 0.15) is 4.47 Å². The molecule has 2 heterocycles. The van der Waals surface area contributed by atoms with Crippen LogP contribution in [-0.2, 0) is 11.3 Å². The Bertz CT molecular complexity index is 536. The van der Waals surface area contributed by atoms with E-state index in [4.69, 9.17) is 4.74 Å². The molecular formula is C14H20BrN3O2. The van der Waals surface area contributed by atoms with E-state index in [0.717, 1.165) is 31.7 Å². The van der Waals surface area contributed by atoms with Crippen molar-refractivity contribution in [3.8, 4) is 0 Å². The average molecular weight is 342 g/mol. The molecule has 0 aromatic carbocycles. The van der Waals surface area contributed by atoms with Crippen molar-refractivity contribution in [2.24, 2.45) is 5.92 Å². The minimum Gasteiger partial charge on any atom is -0.378 e. The van der Waals surface area contributed by atoms with Crippen LogP contribution in [-0.4, -0.2) is 28.5 Å². The summed E-state index contributed by atoms with van der Waals surface area (Å²) in [5, 5.41) is 7.61. The van der Waals surface area contributed by atoms with E-state index >= 15 is 0 Å². The van der Waals surface area contributed by atoms with Crippen molar-refractivity contribution in [2.75, 3.05) is 11.9 Å². The topological polar surface area (TPSA) is 56.2 Å². The summed E-state index contributed by atoms with van der Waals surface area (Å²) in [5.41, 5.74) is 0.700. The number of nitrogens with zero attached hydrogens (tertiary/aromatic N) is 2. The number of ether oxygens (including phenoxy) is 1. The van der Waals surface area contributed by atoms with Crippen molar-refractivity contribution in [3.63, 3.8) is 0 Å². The predicted octanol–water partition coefficient (Wildman–Crippen LogP) is 2.40. The van der Waals surface area contributed by atoms with Gasteiger partial charge in [0, 0.05) is 19.2 Å². The van der Waals surface area contributed by atoms with E-state index in [2.05, 4.69) is 33.3 Å². The van der Waals surface area contributed by atoms with Crippen LogP contribution >= 0.6 is 15.9 Å². The fourth-order valence-electron chi connectivity index (χ4n) is 2.58. The van der Waals surface area contributed by atoms with Crippen LogP contribution in [0.2, 0.25) is 0 Å². The molecule has 20 heavy (non-hydrogen) atoms. The zero-order chi connectivity index (χ0) is 14.1. The maximum atomic E-state index is 12.2. The number of aromatic nitrogens is 2. The van der Waals surface area contributed by atoms with Crippen LogP contribution in [0.4, 0.5) is 5.69 Å². The summed E-state index contributed by atoms with van der Waals surface area (Å²) >= 11 is 3.40. The second kappa shape index (κ2) is 5.85. The van der Waals surface area contributed by atoms with Gasteiger partial charge in [-0.1, -0.05) is 0 Å². The Morgan fingerprint density at radius 3 is 3.00 bits per heavy atom. The number of nitrogens with one attached hydrogen (secondary N) is 1. The van der Waals surface area contributed by atoms with Crippen molar-refractivity contribution >= 4 is 21.6 Å². The summed E-state index contributed by atoms with van der Waals surface area (Å²) in [4.78, 5) is 12.2. The lowest BCUT2D eigenvalue weighted by atomic mass is 10.1. The molecule has 110 valence electrons. The van der Waals surface area contributed by atoms with Gasteiger partial charge in [0.2, 0.25) is 0 Å². The minimum absolute atomic E-state index is 0.0542. The highest BCUT2D eigenvalue weighted by atomic mass is 79.9. The number of hydrogen-bond acceptors (Lipinski definition) is 4. The van der Waals surface area contributed by atoms with Crippen LogP contribution in [0.15, 0.2) is 15.5 Å². The Kier molecular flexibility index (Phi) is 4.12. The van der Waals surface area contributed by atoms with Crippen LogP contribution in [0, 0.1) is 5.92 Å². The molecule has 0 spiro atoms. The molecule has 0 bridgehead atoms. The molecule has 0 radical (unpaired) electrons. The molecule has 2 atom stereocenters. The summed E-state index contributed by atoms with van der Waals surface area (Å²) in [6.07, 6.45) is 6.55. The maximum absolute atomic E-state index is 12.2. The van der Waals surface area contributed by atoms with E-state index in [1.54, 1.807) is 10.9 Å². The van der Waals surface area contributed by atoms with Gasteiger partial charge in [-0.3, -0.25) is 4.79 Å². The summed E-state index contributed by atoms with van der Waals surface area (Å²) < 4.78 is 7.79. The number of halogens is 1. The Morgan fingerprint density at radius 2 is 2.35 bits per heavy atom. The van der Waals surface area contributed by atoms with E-state index in [1.807, 2.05) is 0 Å². The third kappa shape index (κ3) is 3.06. The van der Waals surface area contributed by atoms with Gasteiger partial charge >= 0.3 is 0 Å². The first-order valence-corrected chi connectivity index (χ1v) is 8.08. The smallest absolute Gasteiger partial charge is 0.283 e. The number of anilines is 1. The summed E-state index contributed by atoms with van der Waals surface area (Å²) in [7, 11) is 0. The number of rotatable bonds is 5. The lowest BCUT2D eigenvalue weighted by Crippen LogP contribution is -2.32. The van der Waals surface area contributed by atoms with Gasteiger partial charge in [-0.2, -0.15) is 5.10 Å². The van der Waals surface area contributed by atoms with Gasteiger partial charge in [-0.05, 0) is 54.5 Å². The Labute approximate surface area is 126 Å². The van der Waals surface area contributed by atoms with Gasteiger partial charge in [0.15, 0.2) is 0 Å². The molecule has 1 aliphatic heterocycles. The molecule has 2 aliphatic rings. The SMILES string of the molecule is CC(Nc1cnn(CC2CC2)c(=O)c1Br)C1CCCO1. The van der Waals surface area contributed by atoms with Crippen LogP contribution < -0.4 is 10.9 Å². The first kappa shape index (κ1) is 14.1. The standard InChI is InChI=1S/C14H20BrN3O2/c1-9(12-3-2-6-20-12)17-11-7-16-18(8-10-4-5-10)14(19)13(11)15/h7,9-10,12,17H,2-6,8H2,1H3. The Hall–Kier alpha value is -0.880. The first-order valence-electron chi connectivity index (χ1n) is 7.29. The molecule has 1 saturated carbocycles. The average Bonchev–Trinajstić information content (AvgIpc) is 3.07. The maximum Gasteiger partial charge on any atom is 0.283 e. The van der Waals surface area contributed by atoms with Gasteiger partial charge in [0.05, 0.1) is 18.0 Å². The van der Waals surface area contributed by atoms with Crippen LogP contribution in [0.3, 0.4) is 0 Å². The Balaban J connectivity index is 1.72. The van der Waals surface area contributed by atoms with Crippen LogP contribution in [0.25, 0.3) is 0 Å². The third-order valence-electron chi connectivity index (χ3n) is 4.02. The molecule has 1 saturated heterocycles. The molecular weight excluding hydrogens is 322 g/mol. The summed E-state index contributed by atoms with van der Waals surface area (Å²) in [5.74, 6) is 0.636. The lowest BCUT2D eigenvalue weighted by Gasteiger charge is -2.21. The highest BCUT2D eigenvalue weighted by Gasteiger charge is 2.25. The lowest BCUT2D eigenvalue weighted by molar-refractivity contribution is 0.0996. The molecule has 1 aliphatic carbocycles. The number of hydrogen-bond donors (Lipinski definition) is 1. The molecule has 6 heteroatoms. The largest absolute Gasteiger partial charge is 0.378 e. The summed E-state index contributed by atoms with van der Waals surface area (Å²) in [6, 6.07) is 0.175. The highest BCUT2D eigenvalue weighted by Crippen LogP contribution is 2.30. The zero-order valence-electron chi connectivity index (χ0n) is 11.6. The van der Waals surface area contributed by atoms with Crippen LogP contribution in [0.1, 0.15) is 32.6 Å². The van der Waals surface area contributed by atoms with E-state index in [1.165, 1.54) is 12.8 Å². The van der Waals surface area contributed by atoms with Gasteiger partial charge in [-0.15, -0.1) is 0 Å². The van der Waals surface area contributed by atoms with Crippen molar-refractivity contribution in [1.82, 2.24) is 9.78 Å².